The van der Waals surface area contributed by atoms with E-state index in [1.807, 2.05) is 30.3 Å². The fraction of sp³-hybridized carbons (Fsp3) is 0.167. The third kappa shape index (κ3) is 5.44. The van der Waals surface area contributed by atoms with Gasteiger partial charge in [-0.3, -0.25) is 0 Å². The Hall–Kier alpha value is -2.64. The van der Waals surface area contributed by atoms with Crippen molar-refractivity contribution in [1.82, 2.24) is 4.72 Å². The van der Waals surface area contributed by atoms with Crippen LogP contribution in [-0.2, 0) is 21.2 Å². The lowest BCUT2D eigenvalue weighted by Gasteiger charge is -2.12. The Labute approximate surface area is 146 Å². The highest BCUT2D eigenvalue weighted by Gasteiger charge is 2.19. The van der Waals surface area contributed by atoms with Gasteiger partial charge < -0.3 is 14.6 Å². The van der Waals surface area contributed by atoms with Crippen LogP contribution in [0, 0.1) is 0 Å². The van der Waals surface area contributed by atoms with E-state index < -0.39 is 16.0 Å². The van der Waals surface area contributed by atoms with Crippen LogP contribution in [0.25, 0.3) is 6.08 Å². The summed E-state index contributed by atoms with van der Waals surface area (Å²) in [5.41, 5.74) is 1.43. The van der Waals surface area contributed by atoms with Gasteiger partial charge in [0, 0.05) is 6.54 Å². The molecule has 0 saturated carbocycles. The summed E-state index contributed by atoms with van der Waals surface area (Å²) in [6.45, 7) is 0.231. The van der Waals surface area contributed by atoms with Crippen LogP contribution in [0.4, 0.5) is 0 Å². The van der Waals surface area contributed by atoms with Crippen LogP contribution in [0.5, 0.6) is 5.75 Å². The van der Waals surface area contributed by atoms with Crippen LogP contribution in [0.15, 0.2) is 59.5 Å². The number of aliphatic carboxylic acids is 1. The number of nitrogens with one attached hydrogen (secondary N) is 1. The van der Waals surface area contributed by atoms with E-state index in [1.165, 1.54) is 25.3 Å². The number of sulfonamides is 1. The van der Waals surface area contributed by atoms with Crippen molar-refractivity contribution in [2.24, 2.45) is 0 Å². The van der Waals surface area contributed by atoms with E-state index in [9.17, 15) is 18.3 Å². The molecule has 0 aliphatic rings. The van der Waals surface area contributed by atoms with E-state index in [0.717, 1.165) is 11.6 Å². The minimum Gasteiger partial charge on any atom is -0.545 e. The molecule has 0 aromatic heterocycles. The highest BCUT2D eigenvalue weighted by molar-refractivity contribution is 7.89. The van der Waals surface area contributed by atoms with E-state index in [2.05, 4.69) is 4.72 Å². The molecular formula is C18H18NO5S-. The number of rotatable bonds is 8. The molecule has 0 bridgehead atoms. The summed E-state index contributed by atoms with van der Waals surface area (Å²) in [5.74, 6) is -1.18. The number of carbonyl (C=O) groups excluding carboxylic acids is 1. The Morgan fingerprint density at radius 1 is 1.20 bits per heavy atom. The number of methoxy groups -OCH3 is 1. The number of carboxylic acid groups (broad SMARTS) is 1. The van der Waals surface area contributed by atoms with Gasteiger partial charge in [0.05, 0.1) is 13.1 Å². The molecule has 0 atom stereocenters. The maximum absolute atomic E-state index is 12.5. The summed E-state index contributed by atoms with van der Waals surface area (Å²) in [5, 5.41) is 10.5. The topological polar surface area (TPSA) is 95.5 Å². The smallest absolute Gasteiger partial charge is 0.244 e. The lowest BCUT2D eigenvalue weighted by Crippen LogP contribution is -2.26. The summed E-state index contributed by atoms with van der Waals surface area (Å²) in [6.07, 6.45) is 2.64. The third-order valence-electron chi connectivity index (χ3n) is 3.44. The van der Waals surface area contributed by atoms with Crippen molar-refractivity contribution in [2.45, 2.75) is 11.3 Å². The summed E-state index contributed by atoms with van der Waals surface area (Å²) >= 11 is 0. The zero-order valence-corrected chi connectivity index (χ0v) is 14.5. The summed E-state index contributed by atoms with van der Waals surface area (Å²) in [6, 6.07) is 13.9. The second-order valence-electron chi connectivity index (χ2n) is 5.20. The van der Waals surface area contributed by atoms with Gasteiger partial charge in [0.1, 0.15) is 10.6 Å². The van der Waals surface area contributed by atoms with Gasteiger partial charge in [-0.2, -0.15) is 0 Å². The molecule has 2 aromatic rings. The van der Waals surface area contributed by atoms with Gasteiger partial charge in [-0.1, -0.05) is 42.5 Å². The zero-order chi connectivity index (χ0) is 18.3. The number of carboxylic acids is 1. The minimum absolute atomic E-state index is 0.0523. The van der Waals surface area contributed by atoms with E-state index in [1.54, 1.807) is 6.07 Å². The van der Waals surface area contributed by atoms with Crippen LogP contribution in [0.2, 0.25) is 0 Å². The molecule has 2 aromatic carbocycles. The number of ether oxygens (including phenoxy) is 1. The Kier molecular flexibility index (Phi) is 6.32. The number of benzene rings is 2. The zero-order valence-electron chi connectivity index (χ0n) is 13.6. The molecule has 0 spiro atoms. The van der Waals surface area contributed by atoms with Crippen molar-refractivity contribution in [3.63, 3.8) is 0 Å². The second kappa shape index (κ2) is 8.46. The number of carbonyl (C=O) groups is 1. The van der Waals surface area contributed by atoms with Gasteiger partial charge in [-0.15, -0.1) is 0 Å². The molecule has 132 valence electrons. The Balaban J connectivity index is 2.18. The van der Waals surface area contributed by atoms with E-state index in [0.29, 0.717) is 12.0 Å². The van der Waals surface area contributed by atoms with Gasteiger partial charge in [-0.05, 0) is 35.8 Å². The molecule has 0 fully saturated rings. The van der Waals surface area contributed by atoms with Crippen LogP contribution in [0.1, 0.15) is 11.1 Å². The largest absolute Gasteiger partial charge is 0.545 e. The molecule has 7 heteroatoms. The van der Waals surface area contributed by atoms with Gasteiger partial charge in [0.15, 0.2) is 0 Å². The van der Waals surface area contributed by atoms with Crippen LogP contribution in [0.3, 0.4) is 0 Å². The monoisotopic (exact) mass is 360 g/mol. The Bertz CT molecular complexity index is 860. The lowest BCUT2D eigenvalue weighted by atomic mass is 10.2. The normalized spacial score (nSPS) is 11.6. The van der Waals surface area contributed by atoms with Crippen LogP contribution in [-0.4, -0.2) is 28.0 Å². The van der Waals surface area contributed by atoms with Gasteiger partial charge in [0.2, 0.25) is 10.0 Å². The standard InChI is InChI=1S/C18H19NO5S/c1-24-16-9-7-15(8-10-18(20)21)13-17(16)25(22,23)19-12-11-14-5-3-2-4-6-14/h2-10,13,19H,11-12H2,1H3,(H,20,21)/p-1/b10-8+. The molecule has 0 saturated heterocycles. The first-order valence-corrected chi connectivity index (χ1v) is 9.01. The van der Waals surface area contributed by atoms with Gasteiger partial charge in [0.25, 0.3) is 0 Å². The summed E-state index contributed by atoms with van der Waals surface area (Å²) in [4.78, 5) is 10.4. The molecule has 0 heterocycles. The first-order valence-electron chi connectivity index (χ1n) is 7.53. The van der Waals surface area contributed by atoms with Crippen molar-refractivity contribution >= 4 is 22.1 Å². The van der Waals surface area contributed by atoms with Gasteiger partial charge in [-0.25, -0.2) is 13.1 Å². The maximum atomic E-state index is 12.5. The fourth-order valence-corrected chi connectivity index (χ4v) is 3.46. The Morgan fingerprint density at radius 2 is 1.92 bits per heavy atom. The van der Waals surface area contributed by atoms with Gasteiger partial charge >= 0.3 is 0 Å². The molecule has 0 radical (unpaired) electrons. The minimum atomic E-state index is -3.81. The highest BCUT2D eigenvalue weighted by atomic mass is 32.2. The van der Waals surface area contributed by atoms with Crippen molar-refractivity contribution in [2.75, 3.05) is 13.7 Å². The number of hydrogen-bond acceptors (Lipinski definition) is 5. The molecule has 0 amide bonds. The van der Waals surface area contributed by atoms with Crippen LogP contribution >= 0.6 is 0 Å². The average molecular weight is 360 g/mol. The van der Waals surface area contributed by atoms with Crippen molar-refractivity contribution in [3.8, 4) is 5.75 Å². The second-order valence-corrected chi connectivity index (χ2v) is 6.93. The van der Waals surface area contributed by atoms with E-state index in [4.69, 9.17) is 4.74 Å². The van der Waals surface area contributed by atoms with Crippen molar-refractivity contribution < 1.29 is 23.1 Å². The summed E-state index contributed by atoms with van der Waals surface area (Å²) in [7, 11) is -2.44. The Morgan fingerprint density at radius 3 is 2.56 bits per heavy atom. The molecule has 0 unspecified atom stereocenters. The first-order chi connectivity index (χ1) is 11.9. The van der Waals surface area contributed by atoms with E-state index >= 15 is 0 Å². The molecular weight excluding hydrogens is 342 g/mol. The number of hydrogen-bond donors (Lipinski definition) is 1. The maximum Gasteiger partial charge on any atom is 0.244 e. The van der Waals surface area contributed by atoms with Crippen molar-refractivity contribution in [1.29, 1.82) is 0 Å². The highest BCUT2D eigenvalue weighted by Crippen LogP contribution is 2.25. The van der Waals surface area contributed by atoms with Crippen LogP contribution < -0.4 is 14.6 Å². The van der Waals surface area contributed by atoms with Crippen molar-refractivity contribution in [3.05, 3.63) is 65.7 Å². The third-order valence-corrected chi connectivity index (χ3v) is 4.92. The quantitative estimate of drug-likeness (QED) is 0.708. The molecule has 0 aliphatic carbocycles. The fourth-order valence-electron chi connectivity index (χ4n) is 2.22. The summed E-state index contributed by atoms with van der Waals surface area (Å²) < 4.78 is 32.7. The molecule has 0 aliphatic heterocycles. The average Bonchev–Trinajstić information content (AvgIpc) is 2.60. The SMILES string of the molecule is COc1ccc(/C=C/C(=O)[O-])cc1S(=O)(=O)NCCc1ccccc1. The molecule has 1 N–H and O–H groups in total. The predicted octanol–water partition coefficient (Wildman–Crippen LogP) is 0.979. The first kappa shape index (κ1) is 18.7. The molecule has 2 rings (SSSR count). The predicted molar refractivity (Wildman–Crippen MR) is 92.4 cm³/mol. The molecule has 25 heavy (non-hydrogen) atoms. The lowest BCUT2D eigenvalue weighted by molar-refractivity contribution is -0.297. The van der Waals surface area contributed by atoms with E-state index in [-0.39, 0.29) is 17.2 Å². The molecule has 6 nitrogen and oxygen atoms in total.